The molecule has 6 nitrogen and oxygen atoms in total. The second kappa shape index (κ2) is 6.15. The number of amides is 2. The summed E-state index contributed by atoms with van der Waals surface area (Å²) in [6.45, 7) is 5.97. The molecule has 0 aromatic carbocycles. The van der Waals surface area contributed by atoms with Crippen molar-refractivity contribution in [3.63, 3.8) is 0 Å². The van der Waals surface area contributed by atoms with E-state index in [1.165, 1.54) is 0 Å². The van der Waals surface area contributed by atoms with Crippen molar-refractivity contribution in [1.82, 2.24) is 15.6 Å². The lowest BCUT2D eigenvalue weighted by molar-refractivity contribution is -0.131. The summed E-state index contributed by atoms with van der Waals surface area (Å²) in [6, 6.07) is 0. The number of nitrogens with two attached hydrogens (primary N) is 1. The van der Waals surface area contributed by atoms with Gasteiger partial charge in [0, 0.05) is 20.1 Å². The van der Waals surface area contributed by atoms with Crippen molar-refractivity contribution in [3.8, 4) is 0 Å². The fourth-order valence-electron chi connectivity index (χ4n) is 2.44. The molecule has 1 rings (SSSR count). The average molecular weight is 256 g/mol. The second-order valence-electron chi connectivity index (χ2n) is 5.55. The van der Waals surface area contributed by atoms with Crippen molar-refractivity contribution >= 4 is 11.8 Å². The number of hydrogen-bond donors (Lipinski definition) is 3. The number of nitrogens with zero attached hydrogens (tertiary/aromatic N) is 1. The Morgan fingerprint density at radius 2 is 2.11 bits per heavy atom. The first kappa shape index (κ1) is 14.9. The van der Waals surface area contributed by atoms with Gasteiger partial charge in [-0.15, -0.1) is 0 Å². The van der Waals surface area contributed by atoms with E-state index in [1.54, 1.807) is 7.05 Å². The van der Waals surface area contributed by atoms with Crippen LogP contribution in [-0.2, 0) is 9.59 Å². The Morgan fingerprint density at radius 3 is 2.67 bits per heavy atom. The van der Waals surface area contributed by atoms with E-state index in [1.807, 2.05) is 13.8 Å². The van der Waals surface area contributed by atoms with Crippen molar-refractivity contribution in [3.05, 3.63) is 0 Å². The topological polar surface area (TPSA) is 87.5 Å². The first-order chi connectivity index (χ1) is 8.40. The van der Waals surface area contributed by atoms with Gasteiger partial charge in [0.05, 0.1) is 11.3 Å². The van der Waals surface area contributed by atoms with Gasteiger partial charge in [-0.1, -0.05) is 0 Å². The van der Waals surface area contributed by atoms with E-state index in [0.717, 1.165) is 19.4 Å². The van der Waals surface area contributed by atoms with Gasteiger partial charge in [0.1, 0.15) is 0 Å². The van der Waals surface area contributed by atoms with E-state index < -0.39 is 5.41 Å². The molecule has 18 heavy (non-hydrogen) atoms. The molecule has 1 aliphatic rings. The molecule has 0 radical (unpaired) electrons. The Morgan fingerprint density at radius 1 is 1.44 bits per heavy atom. The maximum absolute atomic E-state index is 11.6. The smallest absolute Gasteiger partial charge is 0.240 e. The predicted molar refractivity (Wildman–Crippen MR) is 69.3 cm³/mol. The van der Waals surface area contributed by atoms with Crippen LogP contribution in [0.1, 0.15) is 26.7 Å². The summed E-state index contributed by atoms with van der Waals surface area (Å²) in [4.78, 5) is 25.4. The summed E-state index contributed by atoms with van der Waals surface area (Å²) < 4.78 is 0. The molecule has 1 saturated heterocycles. The van der Waals surface area contributed by atoms with Gasteiger partial charge >= 0.3 is 0 Å². The number of likely N-dealkylation sites (tertiary alicyclic amines) is 1. The molecular formula is C12H24N4O2. The van der Waals surface area contributed by atoms with Gasteiger partial charge in [0.25, 0.3) is 0 Å². The molecule has 0 bridgehead atoms. The summed E-state index contributed by atoms with van der Waals surface area (Å²) in [5.41, 5.74) is 1.65. The third-order valence-electron chi connectivity index (χ3n) is 3.49. The average Bonchev–Trinajstić information content (AvgIpc) is 2.36. The summed E-state index contributed by atoms with van der Waals surface area (Å²) in [7, 11) is 1.66. The normalized spacial score (nSPS) is 21.4. The Bertz CT molecular complexity index is 317. The SMILES string of the molecule is CNC(=O)C1CCCN(CC(C)(C)C(=O)NN)C1. The minimum absolute atomic E-state index is 0.0282. The highest BCUT2D eigenvalue weighted by Crippen LogP contribution is 2.22. The standard InChI is InChI=1S/C12H24N4O2/c1-12(2,11(18)15-13)8-16-6-4-5-9(7-16)10(17)14-3/h9H,4-8,13H2,1-3H3,(H,14,17)(H,15,18). The van der Waals surface area contributed by atoms with Gasteiger partial charge in [-0.2, -0.15) is 0 Å². The van der Waals surface area contributed by atoms with Crippen LogP contribution in [0.3, 0.4) is 0 Å². The van der Waals surface area contributed by atoms with Crippen LogP contribution in [0.5, 0.6) is 0 Å². The predicted octanol–water partition coefficient (Wildman–Crippen LogP) is -0.539. The van der Waals surface area contributed by atoms with Crippen molar-refractivity contribution < 1.29 is 9.59 Å². The molecule has 0 saturated carbocycles. The zero-order valence-corrected chi connectivity index (χ0v) is 11.5. The first-order valence-electron chi connectivity index (χ1n) is 6.35. The van der Waals surface area contributed by atoms with E-state index >= 15 is 0 Å². The van der Waals surface area contributed by atoms with Crippen LogP contribution >= 0.6 is 0 Å². The number of hydrazine groups is 1. The molecule has 0 aliphatic carbocycles. The number of carbonyl (C=O) groups is 2. The molecule has 0 aromatic rings. The number of rotatable bonds is 4. The van der Waals surface area contributed by atoms with Crippen LogP contribution in [0.2, 0.25) is 0 Å². The largest absolute Gasteiger partial charge is 0.359 e. The Kier molecular flexibility index (Phi) is 5.10. The monoisotopic (exact) mass is 256 g/mol. The lowest BCUT2D eigenvalue weighted by atomic mass is 9.89. The lowest BCUT2D eigenvalue weighted by Crippen LogP contribution is -2.50. The number of carbonyl (C=O) groups excluding carboxylic acids is 2. The van der Waals surface area contributed by atoms with Crippen molar-refractivity contribution in [2.45, 2.75) is 26.7 Å². The van der Waals surface area contributed by atoms with Crippen LogP contribution in [0.25, 0.3) is 0 Å². The fourth-order valence-corrected chi connectivity index (χ4v) is 2.44. The Labute approximate surface area is 108 Å². The highest BCUT2D eigenvalue weighted by atomic mass is 16.2. The third kappa shape index (κ3) is 3.68. The minimum atomic E-state index is -0.542. The van der Waals surface area contributed by atoms with E-state index in [-0.39, 0.29) is 17.7 Å². The van der Waals surface area contributed by atoms with E-state index in [4.69, 9.17) is 5.84 Å². The van der Waals surface area contributed by atoms with Crippen LogP contribution in [0, 0.1) is 11.3 Å². The summed E-state index contributed by atoms with van der Waals surface area (Å²) in [5, 5.41) is 2.69. The summed E-state index contributed by atoms with van der Waals surface area (Å²) >= 11 is 0. The Balaban J connectivity index is 2.57. The van der Waals surface area contributed by atoms with Crippen LogP contribution in [-0.4, -0.2) is 43.4 Å². The molecule has 4 N–H and O–H groups in total. The van der Waals surface area contributed by atoms with E-state index in [2.05, 4.69) is 15.6 Å². The number of nitrogens with one attached hydrogen (secondary N) is 2. The molecule has 0 spiro atoms. The first-order valence-corrected chi connectivity index (χ1v) is 6.35. The van der Waals surface area contributed by atoms with Gasteiger partial charge in [0.2, 0.25) is 11.8 Å². The summed E-state index contributed by atoms with van der Waals surface area (Å²) in [6.07, 6.45) is 1.90. The van der Waals surface area contributed by atoms with Gasteiger partial charge in [0.15, 0.2) is 0 Å². The van der Waals surface area contributed by atoms with Crippen molar-refractivity contribution in [2.75, 3.05) is 26.7 Å². The molecule has 1 unspecified atom stereocenters. The van der Waals surface area contributed by atoms with E-state index in [9.17, 15) is 9.59 Å². The Hall–Kier alpha value is -1.14. The molecule has 2 amide bonds. The zero-order chi connectivity index (χ0) is 13.8. The van der Waals surface area contributed by atoms with Crippen LogP contribution in [0.15, 0.2) is 0 Å². The quantitative estimate of drug-likeness (QED) is 0.358. The third-order valence-corrected chi connectivity index (χ3v) is 3.49. The van der Waals surface area contributed by atoms with E-state index in [0.29, 0.717) is 13.1 Å². The summed E-state index contributed by atoms with van der Waals surface area (Å²) in [5.74, 6) is 5.11. The van der Waals surface area contributed by atoms with Gasteiger partial charge in [-0.05, 0) is 33.2 Å². The molecule has 0 aromatic heterocycles. The van der Waals surface area contributed by atoms with Gasteiger partial charge < -0.3 is 10.2 Å². The molecule has 1 fully saturated rings. The van der Waals surface area contributed by atoms with Crippen molar-refractivity contribution in [2.24, 2.45) is 17.2 Å². The van der Waals surface area contributed by atoms with Gasteiger partial charge in [-0.3, -0.25) is 15.0 Å². The molecule has 1 atom stereocenters. The van der Waals surface area contributed by atoms with Crippen LogP contribution in [0.4, 0.5) is 0 Å². The van der Waals surface area contributed by atoms with Gasteiger partial charge in [-0.25, -0.2) is 5.84 Å². The minimum Gasteiger partial charge on any atom is -0.359 e. The molecular weight excluding hydrogens is 232 g/mol. The fraction of sp³-hybridized carbons (Fsp3) is 0.833. The number of hydrogen-bond acceptors (Lipinski definition) is 4. The molecule has 6 heteroatoms. The second-order valence-corrected chi connectivity index (χ2v) is 5.55. The number of piperidine rings is 1. The molecule has 1 heterocycles. The highest BCUT2D eigenvalue weighted by Gasteiger charge is 2.33. The molecule has 1 aliphatic heterocycles. The molecule has 104 valence electrons. The van der Waals surface area contributed by atoms with Crippen molar-refractivity contribution in [1.29, 1.82) is 0 Å². The van der Waals surface area contributed by atoms with Crippen LogP contribution < -0.4 is 16.6 Å². The highest BCUT2D eigenvalue weighted by molar-refractivity contribution is 5.81. The zero-order valence-electron chi connectivity index (χ0n) is 11.5. The maximum atomic E-state index is 11.6. The maximum Gasteiger partial charge on any atom is 0.240 e. The lowest BCUT2D eigenvalue weighted by Gasteiger charge is -2.36.